The van der Waals surface area contributed by atoms with E-state index in [4.69, 9.17) is 9.40 Å². The van der Waals surface area contributed by atoms with E-state index in [0.717, 1.165) is 55.1 Å². The maximum Gasteiger partial charge on any atom is 0.138 e. The van der Waals surface area contributed by atoms with E-state index in [1.807, 2.05) is 6.07 Å². The van der Waals surface area contributed by atoms with Gasteiger partial charge in [-0.05, 0) is 93.0 Å². The lowest BCUT2D eigenvalue weighted by atomic mass is 9.82. The van der Waals surface area contributed by atoms with E-state index in [1.54, 1.807) is 11.3 Å². The Labute approximate surface area is 312 Å². The Morgan fingerprint density at radius 3 is 1.72 bits per heavy atom. The molecule has 9 aromatic rings. The Morgan fingerprint density at radius 1 is 0.491 bits per heavy atom. The van der Waals surface area contributed by atoms with Crippen molar-refractivity contribution in [3.8, 4) is 32.8 Å². The molecule has 0 atom stereocenters. The summed E-state index contributed by atoms with van der Waals surface area (Å²) in [5, 5.41) is 3.18. The van der Waals surface area contributed by atoms with Gasteiger partial charge in [0.25, 0.3) is 0 Å². The van der Waals surface area contributed by atoms with Crippen LogP contribution in [-0.4, -0.2) is 4.98 Å². The molecule has 2 heterocycles. The van der Waals surface area contributed by atoms with Crippen molar-refractivity contribution in [3.63, 3.8) is 0 Å². The first-order valence-corrected chi connectivity index (χ1v) is 19.2. The summed E-state index contributed by atoms with van der Waals surface area (Å²) < 4.78 is 7.87. The standard InChI is InChI=1S/C49H36N2OS/c1-48(2)38-16-8-5-13-32(38)34-23-21-29(26-40(34)48)51(30-22-24-35-33-14-6-9-17-39(33)49(3,4)41(35)27-30)31-25-37(47-50-42-18-10-12-20-45(42)53-47)46-36-15-7-11-19-43(36)52-44(46)28-31/h5-28H,1-4H3. The molecule has 2 aliphatic carbocycles. The van der Waals surface area contributed by atoms with Crippen LogP contribution in [-0.2, 0) is 10.8 Å². The summed E-state index contributed by atoms with van der Waals surface area (Å²) in [6, 6.07) is 53.2. The minimum atomic E-state index is -0.135. The van der Waals surface area contributed by atoms with Crippen LogP contribution in [0, 0.1) is 0 Å². The van der Waals surface area contributed by atoms with Crippen LogP contribution in [0.25, 0.3) is 65.0 Å². The number of benzene rings is 7. The van der Waals surface area contributed by atoms with E-state index in [2.05, 4.69) is 172 Å². The maximum atomic E-state index is 6.70. The fraction of sp³-hybridized carbons (Fsp3) is 0.122. The molecular formula is C49H36N2OS. The van der Waals surface area contributed by atoms with E-state index in [9.17, 15) is 0 Å². The van der Waals surface area contributed by atoms with Crippen LogP contribution in [0.1, 0.15) is 49.9 Å². The average Bonchev–Trinajstić information content (AvgIpc) is 3.90. The van der Waals surface area contributed by atoms with E-state index < -0.39 is 0 Å². The van der Waals surface area contributed by atoms with E-state index >= 15 is 0 Å². The average molecular weight is 701 g/mol. The summed E-state index contributed by atoms with van der Waals surface area (Å²) in [5.74, 6) is 0. The molecule has 0 fully saturated rings. The summed E-state index contributed by atoms with van der Waals surface area (Å²) >= 11 is 1.74. The minimum absolute atomic E-state index is 0.135. The molecule has 53 heavy (non-hydrogen) atoms. The molecule has 3 nitrogen and oxygen atoms in total. The number of nitrogens with zero attached hydrogens (tertiary/aromatic N) is 2. The number of hydrogen-bond acceptors (Lipinski definition) is 4. The molecule has 0 radical (unpaired) electrons. The summed E-state index contributed by atoms with van der Waals surface area (Å²) in [7, 11) is 0. The van der Waals surface area contributed by atoms with Gasteiger partial charge in [0.15, 0.2) is 0 Å². The molecule has 0 N–H and O–H groups in total. The molecule has 0 spiro atoms. The summed E-state index contributed by atoms with van der Waals surface area (Å²) in [5.41, 5.74) is 17.5. The molecule has 0 amide bonds. The monoisotopic (exact) mass is 700 g/mol. The zero-order valence-electron chi connectivity index (χ0n) is 30.1. The van der Waals surface area contributed by atoms with Gasteiger partial charge in [-0.25, -0.2) is 4.98 Å². The third kappa shape index (κ3) is 4.30. The zero-order valence-corrected chi connectivity index (χ0v) is 30.9. The fourth-order valence-electron chi connectivity index (χ4n) is 9.23. The normalized spacial score (nSPS) is 14.7. The van der Waals surface area contributed by atoms with Crippen molar-refractivity contribution in [3.05, 3.63) is 168 Å². The molecule has 7 aromatic carbocycles. The van der Waals surface area contributed by atoms with Crippen LogP contribution in [0.15, 0.2) is 150 Å². The molecule has 2 aromatic heterocycles. The Morgan fingerprint density at radius 2 is 1.06 bits per heavy atom. The van der Waals surface area contributed by atoms with Gasteiger partial charge in [0, 0.05) is 44.6 Å². The van der Waals surface area contributed by atoms with Gasteiger partial charge in [-0.1, -0.05) is 119 Å². The van der Waals surface area contributed by atoms with Crippen molar-refractivity contribution >= 4 is 60.6 Å². The van der Waals surface area contributed by atoms with E-state index in [0.29, 0.717) is 0 Å². The number of thiazole rings is 1. The lowest BCUT2D eigenvalue weighted by molar-refractivity contribution is 0.660. The molecule has 0 saturated carbocycles. The van der Waals surface area contributed by atoms with Gasteiger partial charge >= 0.3 is 0 Å². The van der Waals surface area contributed by atoms with Crippen molar-refractivity contribution in [1.82, 2.24) is 4.98 Å². The van der Waals surface area contributed by atoms with Gasteiger partial charge in [-0.15, -0.1) is 11.3 Å². The van der Waals surface area contributed by atoms with Gasteiger partial charge in [-0.2, -0.15) is 0 Å². The Kier molecular flexibility index (Phi) is 6.23. The molecule has 2 aliphatic rings. The van der Waals surface area contributed by atoms with Crippen molar-refractivity contribution in [2.24, 2.45) is 0 Å². The van der Waals surface area contributed by atoms with Crippen LogP contribution in [0.2, 0.25) is 0 Å². The topological polar surface area (TPSA) is 29.3 Å². The van der Waals surface area contributed by atoms with Crippen molar-refractivity contribution in [2.75, 3.05) is 4.90 Å². The third-order valence-electron chi connectivity index (χ3n) is 11.9. The highest BCUT2D eigenvalue weighted by molar-refractivity contribution is 7.21. The highest BCUT2D eigenvalue weighted by Crippen LogP contribution is 2.54. The first-order chi connectivity index (χ1) is 25.8. The molecule has 0 bridgehead atoms. The highest BCUT2D eigenvalue weighted by Gasteiger charge is 2.38. The van der Waals surface area contributed by atoms with Crippen molar-refractivity contribution in [2.45, 2.75) is 38.5 Å². The van der Waals surface area contributed by atoms with Crippen molar-refractivity contribution in [1.29, 1.82) is 0 Å². The van der Waals surface area contributed by atoms with Gasteiger partial charge in [0.2, 0.25) is 0 Å². The van der Waals surface area contributed by atoms with Crippen molar-refractivity contribution < 1.29 is 4.42 Å². The van der Waals surface area contributed by atoms with Gasteiger partial charge < -0.3 is 9.32 Å². The summed E-state index contributed by atoms with van der Waals surface area (Å²) in [6.07, 6.45) is 0. The SMILES string of the molecule is CC1(C)c2ccccc2-c2ccc(N(c3ccc4c(c3)C(C)(C)c3ccccc3-4)c3cc(-c4nc5ccccc5s4)c4c(c3)oc3ccccc34)cc21. The molecule has 0 aliphatic heterocycles. The van der Waals surface area contributed by atoms with Gasteiger partial charge in [-0.3, -0.25) is 0 Å². The van der Waals surface area contributed by atoms with E-state index in [-0.39, 0.29) is 10.8 Å². The first kappa shape index (κ1) is 30.6. The third-order valence-corrected chi connectivity index (χ3v) is 13.0. The largest absolute Gasteiger partial charge is 0.456 e. The van der Waals surface area contributed by atoms with Gasteiger partial charge in [0.1, 0.15) is 16.2 Å². The predicted octanol–water partition coefficient (Wildman–Crippen LogP) is 13.9. The molecule has 11 rings (SSSR count). The Bertz CT molecular complexity index is 2840. The maximum absolute atomic E-state index is 6.70. The zero-order chi connectivity index (χ0) is 35.6. The number of furan rings is 1. The number of aromatic nitrogens is 1. The molecule has 4 heteroatoms. The van der Waals surface area contributed by atoms with Crippen LogP contribution in [0.4, 0.5) is 17.1 Å². The minimum Gasteiger partial charge on any atom is -0.456 e. The number of fused-ring (bicyclic) bond motifs is 10. The predicted molar refractivity (Wildman–Crippen MR) is 222 cm³/mol. The second-order valence-corrected chi connectivity index (χ2v) is 16.6. The van der Waals surface area contributed by atoms with Crippen LogP contribution in [0.3, 0.4) is 0 Å². The van der Waals surface area contributed by atoms with E-state index in [1.165, 1.54) is 49.2 Å². The second kappa shape index (κ2) is 10.8. The number of para-hydroxylation sites is 2. The lowest BCUT2D eigenvalue weighted by Crippen LogP contribution is -2.18. The summed E-state index contributed by atoms with van der Waals surface area (Å²) in [6.45, 7) is 9.42. The first-order valence-electron chi connectivity index (χ1n) is 18.4. The molecule has 0 saturated heterocycles. The second-order valence-electron chi connectivity index (χ2n) is 15.6. The number of rotatable bonds is 4. The summed E-state index contributed by atoms with van der Waals surface area (Å²) in [4.78, 5) is 7.63. The molecule has 254 valence electrons. The van der Waals surface area contributed by atoms with Crippen LogP contribution >= 0.6 is 11.3 Å². The van der Waals surface area contributed by atoms with Gasteiger partial charge in [0.05, 0.1) is 15.9 Å². The fourth-order valence-corrected chi connectivity index (χ4v) is 10.2. The molecular weight excluding hydrogens is 665 g/mol. The van der Waals surface area contributed by atoms with Crippen LogP contribution < -0.4 is 4.90 Å². The Balaban J connectivity index is 1.19. The number of anilines is 3. The smallest absolute Gasteiger partial charge is 0.138 e. The van der Waals surface area contributed by atoms with Crippen LogP contribution in [0.5, 0.6) is 0 Å². The molecule has 0 unspecified atom stereocenters. The Hall–Kier alpha value is -5.97. The highest BCUT2D eigenvalue weighted by atomic mass is 32.1. The lowest BCUT2D eigenvalue weighted by Gasteiger charge is -2.30. The quantitative estimate of drug-likeness (QED) is 0.183. The number of hydrogen-bond donors (Lipinski definition) is 0.